The molecule has 9 nitrogen and oxygen atoms in total. The van der Waals surface area contributed by atoms with Crippen LogP contribution in [0.3, 0.4) is 0 Å². The third-order valence-electron chi connectivity index (χ3n) is 6.33. The number of imidazole rings is 1. The van der Waals surface area contributed by atoms with Gasteiger partial charge >= 0.3 is 0 Å². The first kappa shape index (κ1) is 25.9. The Kier molecular flexibility index (Phi) is 8.08. The van der Waals surface area contributed by atoms with Crippen molar-refractivity contribution in [2.75, 3.05) is 17.2 Å². The van der Waals surface area contributed by atoms with E-state index in [-0.39, 0.29) is 25.3 Å². The highest BCUT2D eigenvalue weighted by Gasteiger charge is 2.38. The number of fused-ring (bicyclic) bond motifs is 1. The van der Waals surface area contributed by atoms with Crippen LogP contribution in [-0.4, -0.2) is 54.8 Å². The van der Waals surface area contributed by atoms with Crippen molar-refractivity contribution in [3.63, 3.8) is 0 Å². The van der Waals surface area contributed by atoms with E-state index >= 15 is 0 Å². The molecule has 0 amide bonds. The van der Waals surface area contributed by atoms with Crippen LogP contribution in [0.15, 0.2) is 60.9 Å². The molecule has 2 heterocycles. The molecule has 4 rings (SSSR count). The molecule has 1 aliphatic heterocycles. The van der Waals surface area contributed by atoms with Gasteiger partial charge in [0.15, 0.2) is 10.7 Å². The average Bonchev–Trinajstić information content (AvgIpc) is 3.32. The van der Waals surface area contributed by atoms with Gasteiger partial charge in [-0.3, -0.25) is 0 Å². The van der Waals surface area contributed by atoms with Crippen molar-refractivity contribution in [1.29, 1.82) is 5.26 Å². The Morgan fingerprint density at radius 3 is 2.64 bits per heavy atom. The number of benzene rings is 2. The Balaban J connectivity index is 1.85. The molecule has 0 saturated heterocycles. The first-order chi connectivity index (χ1) is 17.3. The minimum Gasteiger partial charge on any atom is -0.353 e. The summed E-state index contributed by atoms with van der Waals surface area (Å²) in [6.07, 6.45) is 4.20. The predicted molar refractivity (Wildman–Crippen MR) is 138 cm³/mol. The lowest BCUT2D eigenvalue weighted by atomic mass is 10.1. The Morgan fingerprint density at radius 2 is 2.00 bits per heavy atom. The predicted octanol–water partition coefficient (Wildman–Crippen LogP) is 2.43. The maximum absolute atomic E-state index is 13.5. The number of nitrogens with one attached hydrogen (secondary N) is 1. The Bertz CT molecular complexity index is 1390. The van der Waals surface area contributed by atoms with Gasteiger partial charge in [-0.1, -0.05) is 37.3 Å². The van der Waals surface area contributed by atoms with E-state index in [9.17, 15) is 22.1 Å². The van der Waals surface area contributed by atoms with E-state index in [1.165, 1.54) is 4.31 Å². The number of thiol groups is 1. The molecule has 2 aromatic carbocycles. The van der Waals surface area contributed by atoms with Gasteiger partial charge in [0.05, 0.1) is 17.4 Å². The zero-order chi connectivity index (χ0) is 25.7. The molecule has 1 aliphatic rings. The number of nitriles is 1. The Hall–Kier alpha value is -3.20. The first-order valence-electron chi connectivity index (χ1n) is 11.8. The van der Waals surface area contributed by atoms with Gasteiger partial charge in [-0.25, -0.2) is 21.8 Å². The summed E-state index contributed by atoms with van der Waals surface area (Å²) in [6.45, 7) is 2.05. The van der Waals surface area contributed by atoms with Gasteiger partial charge in [-0.05, 0) is 42.2 Å². The molecular weight excluding hydrogens is 498 g/mol. The molecule has 0 bridgehead atoms. The lowest BCUT2D eigenvalue weighted by Crippen LogP contribution is -2.49. The average molecular weight is 528 g/mol. The van der Waals surface area contributed by atoms with Crippen molar-refractivity contribution in [2.45, 2.75) is 44.1 Å². The number of anilines is 1. The molecule has 0 saturated carbocycles. The smallest absolute Gasteiger partial charge is 0.214 e. The SMILES string of the molecule is CCCS(=O)(=O)N1Cc2cc(C#N)ccc2N(C(Cc2ncc[nH]2)[SH](=O)=O)C[C@H]1Cc1ccccc1. The van der Waals surface area contributed by atoms with E-state index in [1.807, 2.05) is 37.3 Å². The van der Waals surface area contributed by atoms with Crippen LogP contribution in [0.1, 0.15) is 35.9 Å². The third kappa shape index (κ3) is 5.78. The molecule has 3 aromatic rings. The van der Waals surface area contributed by atoms with E-state index in [2.05, 4.69) is 16.0 Å². The molecule has 1 N–H and O–H groups in total. The van der Waals surface area contributed by atoms with E-state index in [0.717, 1.165) is 5.56 Å². The van der Waals surface area contributed by atoms with Crippen LogP contribution < -0.4 is 4.90 Å². The fraction of sp³-hybridized carbons (Fsp3) is 0.360. The van der Waals surface area contributed by atoms with Crippen LogP contribution in [-0.2, 0) is 40.1 Å². The molecule has 190 valence electrons. The second-order valence-corrected chi connectivity index (χ2v) is 12.0. The van der Waals surface area contributed by atoms with Crippen molar-refractivity contribution in [2.24, 2.45) is 0 Å². The molecule has 0 radical (unpaired) electrons. The maximum Gasteiger partial charge on any atom is 0.214 e. The highest BCUT2D eigenvalue weighted by Crippen LogP contribution is 2.33. The van der Waals surface area contributed by atoms with Crippen LogP contribution in [0.2, 0.25) is 0 Å². The van der Waals surface area contributed by atoms with Gasteiger partial charge in [-0.2, -0.15) is 9.57 Å². The molecule has 0 spiro atoms. The normalized spacial score (nSPS) is 17.4. The fourth-order valence-electron chi connectivity index (χ4n) is 4.69. The summed E-state index contributed by atoms with van der Waals surface area (Å²) in [5.41, 5.74) is 2.55. The molecule has 0 fully saturated rings. The zero-order valence-electron chi connectivity index (χ0n) is 19.9. The standard InChI is InChI=1S/C25H29N5O4S2/c1-2-12-36(33,34)30-17-21-13-20(16-26)8-9-23(21)29(18-22(30)14-19-6-4-3-5-7-19)25(35(31)32)15-24-27-10-11-28-24/h3-11,13,22,25,35H,2,12,14-15,17-18H2,1H3,(H,27,28)/t22-,25?/m1/s1. The van der Waals surface area contributed by atoms with Crippen LogP contribution >= 0.6 is 0 Å². The van der Waals surface area contributed by atoms with Gasteiger partial charge in [0.1, 0.15) is 11.2 Å². The maximum atomic E-state index is 13.5. The summed E-state index contributed by atoms with van der Waals surface area (Å²) in [5.74, 6) is 0.505. The number of hydrogen-bond acceptors (Lipinski definition) is 7. The largest absolute Gasteiger partial charge is 0.353 e. The minimum absolute atomic E-state index is 0.0167. The van der Waals surface area contributed by atoms with E-state index in [1.54, 1.807) is 35.5 Å². The molecule has 1 aromatic heterocycles. The van der Waals surface area contributed by atoms with Gasteiger partial charge in [0.25, 0.3) is 0 Å². The third-order valence-corrected chi connectivity index (χ3v) is 9.34. The molecule has 1 unspecified atom stereocenters. The Labute approximate surface area is 213 Å². The van der Waals surface area contributed by atoms with Crippen LogP contribution in [0.4, 0.5) is 5.69 Å². The summed E-state index contributed by atoms with van der Waals surface area (Å²) in [4.78, 5) is 8.94. The van der Waals surface area contributed by atoms with Crippen LogP contribution in [0.5, 0.6) is 0 Å². The lowest BCUT2D eigenvalue weighted by Gasteiger charge is -2.34. The van der Waals surface area contributed by atoms with Crippen molar-refractivity contribution < 1.29 is 16.8 Å². The molecule has 2 atom stereocenters. The fourth-order valence-corrected chi connectivity index (χ4v) is 7.14. The number of aromatic nitrogens is 2. The molecule has 36 heavy (non-hydrogen) atoms. The summed E-state index contributed by atoms with van der Waals surface area (Å²) in [7, 11) is -6.59. The highest BCUT2D eigenvalue weighted by molar-refractivity contribution is 7.89. The summed E-state index contributed by atoms with van der Waals surface area (Å²) >= 11 is 0. The van der Waals surface area contributed by atoms with Gasteiger partial charge in [-0.15, -0.1) is 0 Å². The van der Waals surface area contributed by atoms with Gasteiger partial charge in [0, 0.05) is 43.6 Å². The molecule has 11 heteroatoms. The number of aromatic amines is 1. The number of H-pyrrole nitrogens is 1. The number of sulfonamides is 1. The number of hydrogen-bond donors (Lipinski definition) is 2. The monoisotopic (exact) mass is 527 g/mol. The lowest BCUT2D eigenvalue weighted by molar-refractivity contribution is 0.317. The second kappa shape index (κ2) is 11.2. The topological polar surface area (TPSA) is 127 Å². The molecule has 0 aliphatic carbocycles. The summed E-state index contributed by atoms with van der Waals surface area (Å²) in [6, 6.07) is 16.2. The van der Waals surface area contributed by atoms with Crippen molar-refractivity contribution in [3.05, 3.63) is 83.4 Å². The quantitative estimate of drug-likeness (QED) is 0.409. The second-order valence-electron chi connectivity index (χ2n) is 8.82. The summed E-state index contributed by atoms with van der Waals surface area (Å²) < 4.78 is 53.6. The van der Waals surface area contributed by atoms with Crippen molar-refractivity contribution >= 4 is 26.4 Å². The number of nitrogens with zero attached hydrogens (tertiary/aromatic N) is 4. The minimum atomic E-state index is -3.65. The van der Waals surface area contributed by atoms with Crippen LogP contribution in [0.25, 0.3) is 0 Å². The van der Waals surface area contributed by atoms with E-state index < -0.39 is 32.1 Å². The Morgan fingerprint density at radius 1 is 1.22 bits per heavy atom. The molecular formula is C25H29N5O4S2. The van der Waals surface area contributed by atoms with E-state index in [4.69, 9.17) is 0 Å². The van der Waals surface area contributed by atoms with Gasteiger partial charge < -0.3 is 9.88 Å². The van der Waals surface area contributed by atoms with Crippen LogP contribution in [0, 0.1) is 11.3 Å². The highest BCUT2D eigenvalue weighted by atomic mass is 32.2. The van der Waals surface area contributed by atoms with Gasteiger partial charge in [0.2, 0.25) is 10.0 Å². The first-order valence-corrected chi connectivity index (χ1v) is 14.6. The number of rotatable bonds is 9. The summed E-state index contributed by atoms with van der Waals surface area (Å²) in [5, 5.41) is 8.54. The van der Waals surface area contributed by atoms with E-state index in [0.29, 0.717) is 35.5 Å². The van der Waals surface area contributed by atoms with Crippen molar-refractivity contribution in [1.82, 2.24) is 14.3 Å². The van der Waals surface area contributed by atoms with Crippen molar-refractivity contribution in [3.8, 4) is 6.07 Å². The zero-order valence-corrected chi connectivity index (χ0v) is 21.7.